The molecule has 20 heavy (non-hydrogen) atoms. The van der Waals surface area contributed by atoms with Gasteiger partial charge in [0.25, 0.3) is 5.92 Å². The third-order valence-electron chi connectivity index (χ3n) is 2.95. The number of alkyl halides is 2. The van der Waals surface area contributed by atoms with Gasteiger partial charge in [0, 0.05) is 15.1 Å². The van der Waals surface area contributed by atoms with E-state index in [0.717, 1.165) is 5.56 Å². The number of rotatable bonds is 4. The molecule has 2 aromatic carbocycles. The normalized spacial score (nSPS) is 11.4. The number of anilines is 1. The van der Waals surface area contributed by atoms with Crippen LogP contribution < -0.4 is 5.32 Å². The van der Waals surface area contributed by atoms with E-state index in [1.165, 1.54) is 12.1 Å². The molecule has 2 aromatic rings. The summed E-state index contributed by atoms with van der Waals surface area (Å²) in [7, 11) is 0. The Morgan fingerprint density at radius 3 is 2.50 bits per heavy atom. The van der Waals surface area contributed by atoms with Crippen LogP contribution in [-0.2, 0) is 5.92 Å². The number of benzene rings is 2. The van der Waals surface area contributed by atoms with Crippen LogP contribution >= 0.6 is 27.5 Å². The maximum Gasteiger partial charge on any atom is 0.290 e. The molecule has 0 aliphatic carbocycles. The first-order valence-electron chi connectivity index (χ1n) is 6.03. The molecule has 1 N–H and O–H groups in total. The highest BCUT2D eigenvalue weighted by atomic mass is 79.9. The summed E-state index contributed by atoms with van der Waals surface area (Å²) in [5, 5.41) is 3.28. The first-order chi connectivity index (χ1) is 9.40. The summed E-state index contributed by atoms with van der Waals surface area (Å²) in [5.41, 5.74) is 1.43. The van der Waals surface area contributed by atoms with Crippen LogP contribution in [0.3, 0.4) is 0 Å². The molecule has 0 bridgehead atoms. The Labute approximate surface area is 130 Å². The smallest absolute Gasteiger partial charge is 0.290 e. The van der Waals surface area contributed by atoms with Gasteiger partial charge in [-0.25, -0.2) is 0 Å². The second-order valence-corrected chi connectivity index (χ2v) is 5.77. The summed E-state index contributed by atoms with van der Waals surface area (Å²) >= 11 is 9.34. The fourth-order valence-electron chi connectivity index (χ4n) is 1.77. The van der Waals surface area contributed by atoms with E-state index in [4.69, 9.17) is 11.6 Å². The Balaban J connectivity index is 2.14. The van der Waals surface area contributed by atoms with Crippen molar-refractivity contribution in [3.05, 3.63) is 63.1 Å². The van der Waals surface area contributed by atoms with Gasteiger partial charge in [0.2, 0.25) is 0 Å². The molecule has 2 rings (SSSR count). The molecule has 0 aliphatic heterocycles. The lowest BCUT2D eigenvalue weighted by Gasteiger charge is -2.19. The fraction of sp³-hybridized carbons (Fsp3) is 0.200. The molecule has 0 spiro atoms. The maximum atomic E-state index is 14.0. The minimum absolute atomic E-state index is 0.0122. The van der Waals surface area contributed by atoms with E-state index < -0.39 is 12.5 Å². The van der Waals surface area contributed by atoms with E-state index in [0.29, 0.717) is 15.2 Å². The van der Waals surface area contributed by atoms with Gasteiger partial charge in [-0.05, 0) is 40.5 Å². The lowest BCUT2D eigenvalue weighted by molar-refractivity contribution is 0.0106. The Morgan fingerprint density at radius 1 is 1.20 bits per heavy atom. The number of aryl methyl sites for hydroxylation is 1. The van der Waals surface area contributed by atoms with Crippen LogP contribution in [0, 0.1) is 6.92 Å². The Kier molecular flexibility index (Phi) is 4.66. The molecule has 1 nitrogen and oxygen atoms in total. The summed E-state index contributed by atoms with van der Waals surface area (Å²) < 4.78 is 28.8. The van der Waals surface area contributed by atoms with E-state index in [1.54, 1.807) is 30.3 Å². The van der Waals surface area contributed by atoms with Crippen molar-refractivity contribution in [3.63, 3.8) is 0 Å². The molecule has 0 heterocycles. The second-order valence-electron chi connectivity index (χ2n) is 4.51. The Bertz CT molecular complexity index is 602. The third kappa shape index (κ3) is 3.49. The molecule has 0 saturated carbocycles. The molecule has 0 aliphatic rings. The summed E-state index contributed by atoms with van der Waals surface area (Å²) in [4.78, 5) is 0. The van der Waals surface area contributed by atoms with Gasteiger partial charge in [-0.1, -0.05) is 41.9 Å². The minimum atomic E-state index is -2.95. The highest BCUT2D eigenvalue weighted by molar-refractivity contribution is 9.10. The summed E-state index contributed by atoms with van der Waals surface area (Å²) in [5.74, 6) is -2.95. The predicted octanol–water partition coefficient (Wildman–Crippen LogP) is 5.61. The van der Waals surface area contributed by atoms with Crippen molar-refractivity contribution in [1.29, 1.82) is 0 Å². The number of hydrogen-bond donors (Lipinski definition) is 1. The molecule has 106 valence electrons. The van der Waals surface area contributed by atoms with Crippen LogP contribution in [0.15, 0.2) is 46.9 Å². The van der Waals surface area contributed by atoms with E-state index >= 15 is 0 Å². The van der Waals surface area contributed by atoms with Crippen LogP contribution in [-0.4, -0.2) is 6.54 Å². The number of halogens is 4. The lowest BCUT2D eigenvalue weighted by Crippen LogP contribution is -2.24. The first-order valence-corrected chi connectivity index (χ1v) is 7.20. The van der Waals surface area contributed by atoms with Crippen molar-refractivity contribution in [2.24, 2.45) is 0 Å². The summed E-state index contributed by atoms with van der Waals surface area (Å²) in [6.45, 7) is 1.37. The number of hydrogen-bond acceptors (Lipinski definition) is 1. The van der Waals surface area contributed by atoms with Crippen molar-refractivity contribution in [3.8, 4) is 0 Å². The van der Waals surface area contributed by atoms with Crippen molar-refractivity contribution in [2.75, 3.05) is 11.9 Å². The predicted molar refractivity (Wildman–Crippen MR) is 82.7 cm³/mol. The van der Waals surface area contributed by atoms with Gasteiger partial charge in [-0.3, -0.25) is 0 Å². The van der Waals surface area contributed by atoms with E-state index in [2.05, 4.69) is 21.2 Å². The van der Waals surface area contributed by atoms with E-state index in [-0.39, 0.29) is 5.56 Å². The zero-order valence-corrected chi connectivity index (χ0v) is 13.1. The molecule has 0 unspecified atom stereocenters. The van der Waals surface area contributed by atoms with Crippen LogP contribution in [0.2, 0.25) is 5.02 Å². The summed E-state index contributed by atoms with van der Waals surface area (Å²) in [6.07, 6.45) is 0. The molecule has 0 aromatic heterocycles. The SMILES string of the molecule is Cc1cc(Br)c(NCC(F)(F)c2ccccc2)cc1Cl. The van der Waals surface area contributed by atoms with Gasteiger partial charge in [0.1, 0.15) is 0 Å². The zero-order valence-electron chi connectivity index (χ0n) is 10.8. The molecule has 0 fully saturated rings. The molecular weight excluding hydrogens is 348 g/mol. The van der Waals surface area contributed by atoms with Crippen LogP contribution in [0.25, 0.3) is 0 Å². The van der Waals surface area contributed by atoms with Crippen molar-refractivity contribution in [2.45, 2.75) is 12.8 Å². The van der Waals surface area contributed by atoms with Crippen molar-refractivity contribution < 1.29 is 8.78 Å². The molecular formula is C15H13BrClF2N. The average molecular weight is 361 g/mol. The zero-order chi connectivity index (χ0) is 14.8. The van der Waals surface area contributed by atoms with Gasteiger partial charge in [0.05, 0.1) is 12.2 Å². The Morgan fingerprint density at radius 2 is 1.85 bits per heavy atom. The third-order valence-corrected chi connectivity index (χ3v) is 4.01. The van der Waals surface area contributed by atoms with Crippen LogP contribution in [0.4, 0.5) is 14.5 Å². The van der Waals surface area contributed by atoms with Crippen molar-refractivity contribution in [1.82, 2.24) is 0 Å². The molecule has 5 heteroatoms. The second kappa shape index (κ2) is 6.10. The highest BCUT2D eigenvalue weighted by Gasteiger charge is 2.31. The molecule has 0 amide bonds. The van der Waals surface area contributed by atoms with Gasteiger partial charge in [0.15, 0.2) is 0 Å². The molecule has 0 saturated heterocycles. The van der Waals surface area contributed by atoms with Gasteiger partial charge >= 0.3 is 0 Å². The van der Waals surface area contributed by atoms with Gasteiger partial charge < -0.3 is 5.32 Å². The van der Waals surface area contributed by atoms with Crippen LogP contribution in [0.1, 0.15) is 11.1 Å². The first kappa shape index (κ1) is 15.3. The maximum absolute atomic E-state index is 14.0. The topological polar surface area (TPSA) is 12.0 Å². The molecule has 0 atom stereocenters. The van der Waals surface area contributed by atoms with Gasteiger partial charge in [-0.15, -0.1) is 0 Å². The number of nitrogens with one attached hydrogen (secondary N) is 1. The van der Waals surface area contributed by atoms with E-state index in [1.807, 2.05) is 6.92 Å². The van der Waals surface area contributed by atoms with Crippen molar-refractivity contribution >= 4 is 33.2 Å². The quantitative estimate of drug-likeness (QED) is 0.746. The van der Waals surface area contributed by atoms with Crippen LogP contribution in [0.5, 0.6) is 0 Å². The fourth-order valence-corrected chi connectivity index (χ4v) is 2.53. The average Bonchev–Trinajstić information content (AvgIpc) is 2.42. The minimum Gasteiger partial charge on any atom is -0.378 e. The standard InChI is InChI=1S/C15H13BrClF2N/c1-10-7-12(16)14(8-13(10)17)20-9-15(18,19)11-5-3-2-4-6-11/h2-8,20H,9H2,1H3. The largest absolute Gasteiger partial charge is 0.378 e. The van der Waals surface area contributed by atoms with E-state index in [9.17, 15) is 8.78 Å². The Hall–Kier alpha value is -1.13. The highest BCUT2D eigenvalue weighted by Crippen LogP contribution is 2.32. The van der Waals surface area contributed by atoms with Gasteiger partial charge in [-0.2, -0.15) is 8.78 Å². The molecule has 0 radical (unpaired) electrons. The monoisotopic (exact) mass is 359 g/mol. The lowest BCUT2D eigenvalue weighted by atomic mass is 10.1. The summed E-state index contributed by atoms with van der Waals surface area (Å²) in [6, 6.07) is 11.2.